The zero-order chi connectivity index (χ0) is 20.0. The van der Waals surface area contributed by atoms with Crippen molar-refractivity contribution in [3.63, 3.8) is 0 Å². The Labute approximate surface area is 164 Å². The van der Waals surface area contributed by atoms with Crippen LogP contribution < -0.4 is 10.6 Å². The number of rotatable bonds is 4. The fraction of sp³-hybridized carbons (Fsp3) is 0.273. The van der Waals surface area contributed by atoms with Gasteiger partial charge in [0.15, 0.2) is 0 Å². The minimum absolute atomic E-state index is 0.331. The molecule has 1 heterocycles. The quantitative estimate of drug-likeness (QED) is 0.854. The first-order valence-electron chi connectivity index (χ1n) is 8.89. The van der Waals surface area contributed by atoms with Gasteiger partial charge in [-0.3, -0.25) is 10.6 Å². The fourth-order valence-electron chi connectivity index (χ4n) is 3.57. The van der Waals surface area contributed by atoms with E-state index in [0.29, 0.717) is 12.8 Å². The third-order valence-electron chi connectivity index (χ3n) is 5.12. The zero-order valence-electron chi connectivity index (χ0n) is 15.1. The van der Waals surface area contributed by atoms with Crippen molar-refractivity contribution in [1.82, 2.24) is 10.6 Å². The molecule has 3 rings (SSSR count). The summed E-state index contributed by atoms with van der Waals surface area (Å²) in [5, 5.41) is 45.5. The van der Waals surface area contributed by atoms with Gasteiger partial charge in [0.1, 0.15) is 24.3 Å². The molecule has 1 saturated heterocycles. The predicted molar refractivity (Wildman–Crippen MR) is 102 cm³/mol. The smallest absolute Gasteiger partial charge is 0.210 e. The Morgan fingerprint density at radius 1 is 0.607 bits per heavy atom. The minimum Gasteiger partial charge on any atom is -0.279 e. The molecule has 0 saturated carbocycles. The second-order valence-electron chi connectivity index (χ2n) is 6.84. The molecule has 2 aromatic rings. The first kappa shape index (κ1) is 19.1. The fourth-order valence-corrected chi connectivity index (χ4v) is 3.57. The number of benzene rings is 2. The number of nitriles is 4. The van der Waals surface area contributed by atoms with Gasteiger partial charge in [-0.05, 0) is 24.0 Å². The van der Waals surface area contributed by atoms with Crippen molar-refractivity contribution in [2.75, 3.05) is 0 Å². The van der Waals surface area contributed by atoms with Gasteiger partial charge in [0.25, 0.3) is 0 Å². The Hall–Kier alpha value is -3.68. The molecule has 0 spiro atoms. The highest BCUT2D eigenvalue weighted by Crippen LogP contribution is 2.28. The van der Waals surface area contributed by atoms with Gasteiger partial charge in [0.05, 0.1) is 12.1 Å². The van der Waals surface area contributed by atoms with Gasteiger partial charge in [-0.15, -0.1) is 0 Å². The van der Waals surface area contributed by atoms with E-state index in [1.54, 1.807) is 0 Å². The molecule has 1 fully saturated rings. The van der Waals surface area contributed by atoms with Crippen molar-refractivity contribution in [2.45, 2.75) is 36.0 Å². The van der Waals surface area contributed by atoms with Crippen molar-refractivity contribution >= 4 is 0 Å². The Bertz CT molecular complexity index is 876. The van der Waals surface area contributed by atoms with Crippen LogP contribution in [0.4, 0.5) is 0 Å². The maximum Gasteiger partial charge on any atom is 0.210 e. The summed E-state index contributed by atoms with van der Waals surface area (Å²) in [7, 11) is 0. The van der Waals surface area contributed by atoms with Crippen LogP contribution in [0.15, 0.2) is 60.7 Å². The van der Waals surface area contributed by atoms with Crippen molar-refractivity contribution in [3.05, 3.63) is 71.8 Å². The van der Waals surface area contributed by atoms with E-state index in [-0.39, 0.29) is 0 Å². The largest absolute Gasteiger partial charge is 0.279 e. The van der Waals surface area contributed by atoms with Crippen molar-refractivity contribution in [2.24, 2.45) is 0 Å². The van der Waals surface area contributed by atoms with Gasteiger partial charge in [-0.1, -0.05) is 60.7 Å². The van der Waals surface area contributed by atoms with Crippen LogP contribution in [0.5, 0.6) is 0 Å². The van der Waals surface area contributed by atoms with Crippen LogP contribution in [0.3, 0.4) is 0 Å². The van der Waals surface area contributed by atoms with Crippen LogP contribution in [-0.4, -0.2) is 23.2 Å². The molecule has 2 N–H and O–H groups in total. The zero-order valence-corrected chi connectivity index (χ0v) is 15.1. The lowest BCUT2D eigenvalue weighted by Gasteiger charge is -2.46. The van der Waals surface area contributed by atoms with Crippen molar-refractivity contribution < 1.29 is 0 Å². The molecule has 1 aliphatic heterocycles. The third-order valence-corrected chi connectivity index (χ3v) is 5.12. The van der Waals surface area contributed by atoms with Gasteiger partial charge in [-0.2, -0.15) is 21.0 Å². The SMILES string of the molecule is N#CC1(C#N)NC(Cc2ccccc2)C(C#N)(C#N)NC1Cc1ccccc1. The van der Waals surface area contributed by atoms with Crippen LogP contribution in [-0.2, 0) is 12.8 Å². The highest BCUT2D eigenvalue weighted by molar-refractivity contribution is 5.41. The third kappa shape index (κ3) is 3.44. The minimum atomic E-state index is -1.56. The number of hydrogen-bond acceptors (Lipinski definition) is 6. The molecule has 2 atom stereocenters. The molecule has 0 bridgehead atoms. The van der Waals surface area contributed by atoms with E-state index in [1.807, 2.05) is 60.7 Å². The highest BCUT2D eigenvalue weighted by atomic mass is 15.2. The second kappa shape index (κ2) is 7.91. The van der Waals surface area contributed by atoms with E-state index < -0.39 is 23.2 Å². The summed E-state index contributed by atoms with van der Waals surface area (Å²) < 4.78 is 0. The molecule has 28 heavy (non-hydrogen) atoms. The number of nitrogens with zero attached hydrogens (tertiary/aromatic N) is 4. The van der Waals surface area contributed by atoms with E-state index in [4.69, 9.17) is 0 Å². The molecule has 0 amide bonds. The molecule has 0 aromatic heterocycles. The van der Waals surface area contributed by atoms with E-state index in [2.05, 4.69) is 34.9 Å². The summed E-state index contributed by atoms with van der Waals surface area (Å²) >= 11 is 0. The maximum atomic E-state index is 9.85. The van der Waals surface area contributed by atoms with Crippen LogP contribution in [0.2, 0.25) is 0 Å². The average molecular weight is 366 g/mol. The van der Waals surface area contributed by atoms with Crippen LogP contribution in [0.25, 0.3) is 0 Å². The number of piperazine rings is 1. The molecule has 0 radical (unpaired) electrons. The van der Waals surface area contributed by atoms with Crippen LogP contribution >= 0.6 is 0 Å². The molecule has 2 unspecified atom stereocenters. The lowest BCUT2D eigenvalue weighted by atomic mass is 9.76. The Balaban J connectivity index is 1.99. The monoisotopic (exact) mass is 366 g/mol. The number of nitrogens with one attached hydrogen (secondary N) is 2. The second-order valence-corrected chi connectivity index (χ2v) is 6.84. The van der Waals surface area contributed by atoms with Crippen LogP contribution in [0, 0.1) is 45.3 Å². The number of hydrogen-bond donors (Lipinski definition) is 2. The van der Waals surface area contributed by atoms with Gasteiger partial charge in [0.2, 0.25) is 11.1 Å². The first-order valence-corrected chi connectivity index (χ1v) is 8.89. The first-order chi connectivity index (χ1) is 13.6. The summed E-state index contributed by atoms with van der Waals surface area (Å²) in [6.07, 6.45) is 0.663. The summed E-state index contributed by atoms with van der Waals surface area (Å²) in [5.41, 5.74) is -1.31. The van der Waals surface area contributed by atoms with Gasteiger partial charge in [-0.25, -0.2) is 0 Å². The van der Waals surface area contributed by atoms with Gasteiger partial charge < -0.3 is 0 Å². The van der Waals surface area contributed by atoms with E-state index >= 15 is 0 Å². The van der Waals surface area contributed by atoms with Crippen molar-refractivity contribution in [3.8, 4) is 24.3 Å². The summed E-state index contributed by atoms with van der Waals surface area (Å²) in [6, 6.07) is 25.7. The lowest BCUT2D eigenvalue weighted by Crippen LogP contribution is -2.77. The normalized spacial score (nSPS) is 22.0. The van der Waals surface area contributed by atoms with Gasteiger partial charge >= 0.3 is 0 Å². The Morgan fingerprint density at radius 3 is 1.21 bits per heavy atom. The summed E-state index contributed by atoms with van der Waals surface area (Å²) in [5.74, 6) is 0. The lowest BCUT2D eigenvalue weighted by molar-refractivity contribution is 0.185. The predicted octanol–water partition coefficient (Wildman–Crippen LogP) is 1.97. The molecule has 0 aliphatic carbocycles. The summed E-state index contributed by atoms with van der Waals surface area (Å²) in [6.45, 7) is 0. The van der Waals surface area contributed by atoms with E-state index in [9.17, 15) is 21.0 Å². The van der Waals surface area contributed by atoms with Gasteiger partial charge in [0, 0.05) is 0 Å². The Morgan fingerprint density at radius 2 is 0.929 bits per heavy atom. The maximum absolute atomic E-state index is 9.85. The summed E-state index contributed by atoms with van der Waals surface area (Å²) in [4.78, 5) is 0. The molecule has 2 aromatic carbocycles. The van der Waals surface area contributed by atoms with E-state index in [0.717, 1.165) is 11.1 Å². The molecule has 1 aliphatic rings. The molecule has 6 heteroatoms. The van der Waals surface area contributed by atoms with E-state index in [1.165, 1.54) is 0 Å². The Kier molecular flexibility index (Phi) is 5.39. The highest BCUT2D eigenvalue weighted by Gasteiger charge is 2.55. The average Bonchev–Trinajstić information content (AvgIpc) is 2.76. The molecular weight excluding hydrogens is 348 g/mol. The molecular formula is C22H18N6. The standard InChI is InChI=1S/C22H18N6/c23-13-21(14-24)19(11-17-7-3-1-4-8-17)27-22(15-25,16-26)20(28-21)12-18-9-5-2-6-10-18/h1-10,19-20,27-28H,11-12H2. The van der Waals surface area contributed by atoms with Crippen LogP contribution in [0.1, 0.15) is 11.1 Å². The molecule has 6 nitrogen and oxygen atoms in total. The topological polar surface area (TPSA) is 119 Å². The molecule has 136 valence electrons. The van der Waals surface area contributed by atoms with Crippen molar-refractivity contribution in [1.29, 1.82) is 21.0 Å².